The van der Waals surface area contributed by atoms with E-state index in [2.05, 4.69) is 50.2 Å². The van der Waals surface area contributed by atoms with E-state index in [4.69, 9.17) is 9.47 Å². The standard InChI is InChI=1S/C28H37NO4/c1-26-16-21(18-4-6-19(7-5-18)29(2)3)25-20(22(26)8-9-24(26)30)10-12-27(31)17-28(13-11-23(25)27)32-14-15-33-28/h4-7,14-15,20-22,24,30-31H,8-13,16-17H2,1-3H3/t20-,21+,22-,24?,26-,27+/m0/s1. The largest absolute Gasteiger partial charge is 0.457 e. The molecule has 6 atom stereocenters. The van der Waals surface area contributed by atoms with Crippen LogP contribution in [0.15, 0.2) is 47.9 Å². The molecule has 1 unspecified atom stereocenters. The van der Waals surface area contributed by atoms with Gasteiger partial charge in [-0.1, -0.05) is 24.6 Å². The van der Waals surface area contributed by atoms with Crippen LogP contribution in [0.3, 0.4) is 0 Å². The molecule has 0 amide bonds. The van der Waals surface area contributed by atoms with Gasteiger partial charge in [-0.15, -0.1) is 0 Å². The third-order valence-corrected chi connectivity index (χ3v) is 9.79. The van der Waals surface area contributed by atoms with Crippen LogP contribution in [-0.4, -0.2) is 41.8 Å². The third kappa shape index (κ3) is 3.11. The lowest BCUT2D eigenvalue weighted by Crippen LogP contribution is -2.53. The molecule has 0 radical (unpaired) electrons. The van der Waals surface area contributed by atoms with Gasteiger partial charge in [0, 0.05) is 32.1 Å². The Bertz CT molecular complexity index is 990. The van der Waals surface area contributed by atoms with Gasteiger partial charge in [0.2, 0.25) is 0 Å². The van der Waals surface area contributed by atoms with Crippen LogP contribution in [0.5, 0.6) is 0 Å². The van der Waals surface area contributed by atoms with Gasteiger partial charge >= 0.3 is 0 Å². The Hall–Kier alpha value is -1.98. The van der Waals surface area contributed by atoms with Crippen molar-refractivity contribution in [1.29, 1.82) is 0 Å². The van der Waals surface area contributed by atoms with Crippen molar-refractivity contribution in [3.05, 3.63) is 53.5 Å². The summed E-state index contributed by atoms with van der Waals surface area (Å²) in [5, 5.41) is 23.1. The molecule has 6 rings (SSSR count). The molecule has 3 saturated carbocycles. The summed E-state index contributed by atoms with van der Waals surface area (Å²) in [5.41, 5.74) is 4.28. The zero-order valence-corrected chi connectivity index (χ0v) is 20.1. The van der Waals surface area contributed by atoms with Crippen molar-refractivity contribution in [1.82, 2.24) is 0 Å². The van der Waals surface area contributed by atoms with Gasteiger partial charge in [0.15, 0.2) is 0 Å². The molecule has 1 heterocycles. The Morgan fingerprint density at radius 1 is 1.00 bits per heavy atom. The van der Waals surface area contributed by atoms with E-state index in [1.165, 1.54) is 22.4 Å². The van der Waals surface area contributed by atoms with Crippen LogP contribution in [-0.2, 0) is 9.47 Å². The first-order chi connectivity index (χ1) is 15.7. The second kappa shape index (κ2) is 7.26. The van der Waals surface area contributed by atoms with Crippen molar-refractivity contribution >= 4 is 5.69 Å². The Balaban J connectivity index is 1.45. The molecular formula is C28H37NO4. The van der Waals surface area contributed by atoms with Gasteiger partial charge in [0.05, 0.1) is 18.1 Å². The van der Waals surface area contributed by atoms with Crippen LogP contribution in [0.2, 0.25) is 0 Å². The zero-order valence-electron chi connectivity index (χ0n) is 20.1. The van der Waals surface area contributed by atoms with Crippen molar-refractivity contribution in [2.75, 3.05) is 19.0 Å². The highest BCUT2D eigenvalue weighted by atomic mass is 16.7. The average Bonchev–Trinajstić information content (AvgIpc) is 3.36. The van der Waals surface area contributed by atoms with E-state index in [1.54, 1.807) is 12.5 Å². The summed E-state index contributed by atoms with van der Waals surface area (Å²) in [6, 6.07) is 8.93. The minimum atomic E-state index is -0.872. The number of allylic oxidation sites excluding steroid dienone is 1. The van der Waals surface area contributed by atoms with E-state index in [1.807, 2.05) is 0 Å². The fourth-order valence-electron chi connectivity index (χ4n) is 8.08. The first-order valence-corrected chi connectivity index (χ1v) is 12.7. The molecular weight excluding hydrogens is 414 g/mol. The van der Waals surface area contributed by atoms with Crippen LogP contribution < -0.4 is 4.90 Å². The van der Waals surface area contributed by atoms with Crippen molar-refractivity contribution in [2.24, 2.45) is 17.3 Å². The van der Waals surface area contributed by atoms with Crippen molar-refractivity contribution < 1.29 is 19.7 Å². The predicted molar refractivity (Wildman–Crippen MR) is 128 cm³/mol. The zero-order chi connectivity index (χ0) is 23.0. The highest BCUT2D eigenvalue weighted by molar-refractivity contribution is 5.50. The molecule has 0 saturated heterocycles. The molecule has 1 aromatic carbocycles. The van der Waals surface area contributed by atoms with Gasteiger partial charge in [-0.3, -0.25) is 0 Å². The van der Waals surface area contributed by atoms with Gasteiger partial charge in [-0.2, -0.15) is 0 Å². The van der Waals surface area contributed by atoms with Crippen molar-refractivity contribution in [3.8, 4) is 0 Å². The topological polar surface area (TPSA) is 62.2 Å². The summed E-state index contributed by atoms with van der Waals surface area (Å²) < 4.78 is 11.7. The van der Waals surface area contributed by atoms with Crippen LogP contribution >= 0.6 is 0 Å². The van der Waals surface area contributed by atoms with Crippen LogP contribution in [0, 0.1) is 17.3 Å². The Kier molecular flexibility index (Phi) is 4.74. The Labute approximate surface area is 197 Å². The minimum absolute atomic E-state index is 0.0629. The average molecular weight is 452 g/mol. The molecule has 4 aliphatic carbocycles. The van der Waals surface area contributed by atoms with E-state index in [0.29, 0.717) is 18.3 Å². The summed E-state index contributed by atoms with van der Waals surface area (Å²) in [5.74, 6) is 0.460. The third-order valence-electron chi connectivity index (χ3n) is 9.79. The predicted octanol–water partition coefficient (Wildman–Crippen LogP) is 4.85. The van der Waals surface area contributed by atoms with Gasteiger partial charge in [-0.25, -0.2) is 0 Å². The Morgan fingerprint density at radius 2 is 1.73 bits per heavy atom. The first kappa shape index (κ1) is 21.5. The van der Waals surface area contributed by atoms with Crippen molar-refractivity contribution in [3.63, 3.8) is 0 Å². The van der Waals surface area contributed by atoms with Crippen molar-refractivity contribution in [2.45, 2.75) is 81.7 Å². The first-order valence-electron chi connectivity index (χ1n) is 12.7. The maximum atomic E-state index is 12.0. The molecule has 2 N–H and O–H groups in total. The molecule has 1 aliphatic heterocycles. The molecule has 178 valence electrons. The van der Waals surface area contributed by atoms with Crippen LogP contribution in [0.25, 0.3) is 0 Å². The quantitative estimate of drug-likeness (QED) is 0.629. The molecule has 33 heavy (non-hydrogen) atoms. The fraction of sp³-hybridized carbons (Fsp3) is 0.643. The van der Waals surface area contributed by atoms with E-state index < -0.39 is 11.4 Å². The normalized spacial score (nSPS) is 40.6. The molecule has 5 heteroatoms. The number of fused-ring (bicyclic) bond motifs is 4. The number of ether oxygens (including phenoxy) is 2. The number of aliphatic hydroxyl groups is 2. The fourth-order valence-corrected chi connectivity index (χ4v) is 8.08. The number of nitrogens with zero attached hydrogens (tertiary/aromatic N) is 1. The number of rotatable bonds is 2. The van der Waals surface area contributed by atoms with E-state index >= 15 is 0 Å². The maximum Gasteiger partial charge on any atom is 0.253 e. The van der Waals surface area contributed by atoms with Gasteiger partial charge in [-0.05, 0) is 79.0 Å². The molecule has 5 aliphatic rings. The van der Waals surface area contributed by atoms with Gasteiger partial charge in [0.1, 0.15) is 12.5 Å². The smallest absolute Gasteiger partial charge is 0.253 e. The van der Waals surface area contributed by atoms with Crippen LogP contribution in [0.1, 0.15) is 69.8 Å². The molecule has 5 nitrogen and oxygen atoms in total. The van der Waals surface area contributed by atoms with E-state index in [9.17, 15) is 10.2 Å². The monoisotopic (exact) mass is 451 g/mol. The van der Waals surface area contributed by atoms with E-state index in [0.717, 1.165) is 44.9 Å². The van der Waals surface area contributed by atoms with Gasteiger partial charge in [0.25, 0.3) is 5.79 Å². The van der Waals surface area contributed by atoms with Crippen LogP contribution in [0.4, 0.5) is 5.69 Å². The number of aliphatic hydroxyl groups excluding tert-OH is 1. The van der Waals surface area contributed by atoms with Gasteiger partial charge < -0.3 is 24.6 Å². The summed E-state index contributed by atoms with van der Waals surface area (Å²) in [4.78, 5) is 2.13. The highest BCUT2D eigenvalue weighted by Gasteiger charge is 2.60. The summed E-state index contributed by atoms with van der Waals surface area (Å²) in [6.45, 7) is 2.32. The summed E-state index contributed by atoms with van der Waals surface area (Å²) >= 11 is 0. The number of benzene rings is 1. The number of hydrogen-bond acceptors (Lipinski definition) is 5. The second-order valence-electron chi connectivity index (χ2n) is 11.7. The lowest BCUT2D eigenvalue weighted by molar-refractivity contribution is -0.196. The highest BCUT2D eigenvalue weighted by Crippen LogP contribution is 2.65. The molecule has 0 aromatic heterocycles. The SMILES string of the molecule is CN(C)c1ccc([C@H]2C[C@]3(C)C(O)CC[C@H]3[C@@H]3CC[C@@]4(O)CC5(CCC4=C32)OC=CO5)cc1. The summed E-state index contributed by atoms with van der Waals surface area (Å²) in [7, 11) is 4.13. The minimum Gasteiger partial charge on any atom is -0.457 e. The molecule has 3 fully saturated rings. The molecule has 1 spiro atoms. The molecule has 0 bridgehead atoms. The van der Waals surface area contributed by atoms with E-state index in [-0.39, 0.29) is 17.4 Å². The Morgan fingerprint density at radius 3 is 2.42 bits per heavy atom. The number of anilines is 1. The lowest BCUT2D eigenvalue weighted by Gasteiger charge is -2.55. The lowest BCUT2D eigenvalue weighted by atomic mass is 9.51. The maximum absolute atomic E-state index is 12.0. The second-order valence-corrected chi connectivity index (χ2v) is 11.7. The number of hydrogen-bond donors (Lipinski definition) is 2. The molecule has 1 aromatic rings. The summed E-state index contributed by atoms with van der Waals surface area (Å²) in [6.07, 6.45) is 9.73.